The summed E-state index contributed by atoms with van der Waals surface area (Å²) in [4.78, 5) is 14.0. The molecule has 0 spiro atoms. The van der Waals surface area contributed by atoms with E-state index in [1.54, 1.807) is 0 Å². The molecule has 2 rings (SSSR count). The Morgan fingerprint density at radius 3 is 3.18 bits per heavy atom. The van der Waals surface area contributed by atoms with Gasteiger partial charge in [-0.2, -0.15) is 0 Å². The summed E-state index contributed by atoms with van der Waals surface area (Å²) in [5, 5.41) is 6.35. The molecular formula is C12H23N3O2. The van der Waals surface area contributed by atoms with Crippen molar-refractivity contribution in [2.75, 3.05) is 52.5 Å². The van der Waals surface area contributed by atoms with Crippen LogP contribution in [0.2, 0.25) is 0 Å². The van der Waals surface area contributed by atoms with Crippen LogP contribution in [0.4, 0.5) is 0 Å². The van der Waals surface area contributed by atoms with Gasteiger partial charge in [0.05, 0.1) is 13.2 Å². The number of hydrogen-bond acceptors (Lipinski definition) is 4. The van der Waals surface area contributed by atoms with E-state index in [0.29, 0.717) is 12.5 Å². The fraction of sp³-hybridized carbons (Fsp3) is 0.917. The van der Waals surface area contributed by atoms with E-state index < -0.39 is 0 Å². The monoisotopic (exact) mass is 241 g/mol. The maximum Gasteiger partial charge on any atom is 0.234 e. The first kappa shape index (κ1) is 12.8. The number of amides is 1. The van der Waals surface area contributed by atoms with Gasteiger partial charge in [0.15, 0.2) is 0 Å². The van der Waals surface area contributed by atoms with Crippen molar-refractivity contribution in [3.05, 3.63) is 0 Å². The van der Waals surface area contributed by atoms with Gasteiger partial charge in [-0.25, -0.2) is 0 Å². The lowest BCUT2D eigenvalue weighted by Crippen LogP contribution is -2.40. The van der Waals surface area contributed by atoms with Crippen LogP contribution in [-0.2, 0) is 9.53 Å². The molecule has 98 valence electrons. The van der Waals surface area contributed by atoms with Gasteiger partial charge < -0.3 is 15.4 Å². The third kappa shape index (κ3) is 4.61. The van der Waals surface area contributed by atoms with E-state index in [1.807, 2.05) is 0 Å². The highest BCUT2D eigenvalue weighted by Crippen LogP contribution is 2.10. The highest BCUT2D eigenvalue weighted by molar-refractivity contribution is 5.78. The lowest BCUT2D eigenvalue weighted by Gasteiger charge is -2.19. The summed E-state index contributed by atoms with van der Waals surface area (Å²) in [5.41, 5.74) is 0. The number of hydrogen-bond donors (Lipinski definition) is 2. The Labute approximate surface area is 103 Å². The van der Waals surface area contributed by atoms with Crippen molar-refractivity contribution in [2.24, 2.45) is 5.92 Å². The van der Waals surface area contributed by atoms with Crippen LogP contribution in [-0.4, -0.2) is 63.3 Å². The Hall–Kier alpha value is -0.650. The van der Waals surface area contributed by atoms with Gasteiger partial charge in [-0.3, -0.25) is 9.69 Å². The summed E-state index contributed by atoms with van der Waals surface area (Å²) in [7, 11) is 0. The summed E-state index contributed by atoms with van der Waals surface area (Å²) in [6, 6.07) is 0. The van der Waals surface area contributed by atoms with Crippen LogP contribution in [0.25, 0.3) is 0 Å². The largest absolute Gasteiger partial charge is 0.381 e. The van der Waals surface area contributed by atoms with Crippen molar-refractivity contribution < 1.29 is 9.53 Å². The standard InChI is InChI=1S/C12H23N3O2/c16-12(14-8-11-2-7-17-10-11)9-15-5-1-3-13-4-6-15/h11,13H,1-10H2,(H,14,16). The molecule has 0 radical (unpaired) electrons. The summed E-state index contributed by atoms with van der Waals surface area (Å²) in [5.74, 6) is 0.670. The third-order valence-corrected chi connectivity index (χ3v) is 3.41. The van der Waals surface area contributed by atoms with Crippen LogP contribution in [0.1, 0.15) is 12.8 Å². The second-order valence-corrected chi connectivity index (χ2v) is 4.91. The predicted molar refractivity (Wildman–Crippen MR) is 65.9 cm³/mol. The highest BCUT2D eigenvalue weighted by atomic mass is 16.5. The van der Waals surface area contributed by atoms with Crippen LogP contribution in [0, 0.1) is 5.92 Å². The Morgan fingerprint density at radius 1 is 1.41 bits per heavy atom. The first-order chi connectivity index (χ1) is 8.34. The van der Waals surface area contributed by atoms with Gasteiger partial charge in [0.2, 0.25) is 5.91 Å². The van der Waals surface area contributed by atoms with Gasteiger partial charge >= 0.3 is 0 Å². The molecule has 0 aromatic rings. The van der Waals surface area contributed by atoms with Crippen LogP contribution in [0.5, 0.6) is 0 Å². The fourth-order valence-corrected chi connectivity index (χ4v) is 2.32. The van der Waals surface area contributed by atoms with Crippen LogP contribution in [0.3, 0.4) is 0 Å². The average molecular weight is 241 g/mol. The zero-order valence-electron chi connectivity index (χ0n) is 10.4. The molecule has 0 aliphatic carbocycles. The molecule has 2 aliphatic heterocycles. The van der Waals surface area contributed by atoms with Crippen molar-refractivity contribution in [2.45, 2.75) is 12.8 Å². The molecule has 1 atom stereocenters. The van der Waals surface area contributed by atoms with Crippen LogP contribution >= 0.6 is 0 Å². The van der Waals surface area contributed by atoms with E-state index in [2.05, 4.69) is 15.5 Å². The number of carbonyl (C=O) groups is 1. The van der Waals surface area contributed by atoms with Gasteiger partial charge in [-0.1, -0.05) is 0 Å². The van der Waals surface area contributed by atoms with E-state index in [-0.39, 0.29) is 5.91 Å². The molecule has 0 saturated carbocycles. The summed E-state index contributed by atoms with van der Waals surface area (Å²) >= 11 is 0. The molecule has 1 unspecified atom stereocenters. The lowest BCUT2D eigenvalue weighted by molar-refractivity contribution is -0.122. The van der Waals surface area contributed by atoms with E-state index in [9.17, 15) is 4.79 Å². The molecule has 2 fully saturated rings. The van der Waals surface area contributed by atoms with Gasteiger partial charge in [0.1, 0.15) is 0 Å². The average Bonchev–Trinajstić information content (AvgIpc) is 2.72. The van der Waals surface area contributed by atoms with Gasteiger partial charge in [0, 0.05) is 32.2 Å². The third-order valence-electron chi connectivity index (χ3n) is 3.41. The van der Waals surface area contributed by atoms with E-state index in [0.717, 1.165) is 58.8 Å². The first-order valence-corrected chi connectivity index (χ1v) is 6.62. The molecule has 0 bridgehead atoms. The van der Waals surface area contributed by atoms with Gasteiger partial charge in [-0.15, -0.1) is 0 Å². The Kier molecular flexibility index (Phi) is 5.22. The predicted octanol–water partition coefficient (Wildman–Crippen LogP) is -0.566. The van der Waals surface area contributed by atoms with Crippen LogP contribution < -0.4 is 10.6 Å². The Morgan fingerprint density at radius 2 is 2.35 bits per heavy atom. The summed E-state index contributed by atoms with van der Waals surface area (Å²) in [6.07, 6.45) is 2.21. The second kappa shape index (κ2) is 6.93. The second-order valence-electron chi connectivity index (χ2n) is 4.91. The maximum atomic E-state index is 11.8. The van der Waals surface area contributed by atoms with Crippen molar-refractivity contribution in [3.8, 4) is 0 Å². The first-order valence-electron chi connectivity index (χ1n) is 6.62. The quantitative estimate of drug-likeness (QED) is 0.692. The summed E-state index contributed by atoms with van der Waals surface area (Å²) in [6.45, 7) is 7.00. The molecule has 5 heteroatoms. The van der Waals surface area contributed by atoms with Gasteiger partial charge in [-0.05, 0) is 25.9 Å². The summed E-state index contributed by atoms with van der Waals surface area (Å²) < 4.78 is 5.29. The molecule has 5 nitrogen and oxygen atoms in total. The highest BCUT2D eigenvalue weighted by Gasteiger charge is 2.17. The molecule has 0 aromatic carbocycles. The number of carbonyl (C=O) groups excluding carboxylic acids is 1. The minimum absolute atomic E-state index is 0.152. The minimum Gasteiger partial charge on any atom is -0.381 e. The molecule has 2 N–H and O–H groups in total. The molecule has 0 aromatic heterocycles. The molecule has 2 saturated heterocycles. The molecule has 2 aliphatic rings. The van der Waals surface area contributed by atoms with E-state index >= 15 is 0 Å². The van der Waals surface area contributed by atoms with Crippen molar-refractivity contribution >= 4 is 5.91 Å². The minimum atomic E-state index is 0.152. The zero-order chi connectivity index (χ0) is 11.9. The van der Waals surface area contributed by atoms with E-state index in [1.165, 1.54) is 0 Å². The van der Waals surface area contributed by atoms with Crippen molar-refractivity contribution in [1.29, 1.82) is 0 Å². The Balaban J connectivity index is 1.61. The van der Waals surface area contributed by atoms with Crippen molar-refractivity contribution in [1.82, 2.24) is 15.5 Å². The smallest absolute Gasteiger partial charge is 0.234 e. The zero-order valence-corrected chi connectivity index (χ0v) is 10.4. The number of nitrogens with one attached hydrogen (secondary N) is 2. The lowest BCUT2D eigenvalue weighted by atomic mass is 10.1. The van der Waals surface area contributed by atoms with Gasteiger partial charge in [0.25, 0.3) is 0 Å². The molecule has 1 amide bonds. The molecule has 2 heterocycles. The topological polar surface area (TPSA) is 53.6 Å². The Bertz CT molecular complexity index is 234. The number of ether oxygens (including phenoxy) is 1. The van der Waals surface area contributed by atoms with Crippen LogP contribution in [0.15, 0.2) is 0 Å². The van der Waals surface area contributed by atoms with E-state index in [4.69, 9.17) is 4.74 Å². The fourth-order valence-electron chi connectivity index (χ4n) is 2.32. The normalized spacial score (nSPS) is 26.7. The van der Waals surface area contributed by atoms with Crippen molar-refractivity contribution in [3.63, 3.8) is 0 Å². The number of rotatable bonds is 4. The maximum absolute atomic E-state index is 11.8. The molecular weight excluding hydrogens is 218 g/mol. The SMILES string of the molecule is O=C(CN1CCCNCC1)NCC1CCOC1. The molecule has 17 heavy (non-hydrogen) atoms. The number of nitrogens with zero attached hydrogens (tertiary/aromatic N) is 1.